The van der Waals surface area contributed by atoms with Crippen molar-refractivity contribution in [2.24, 2.45) is 0 Å². The lowest BCUT2D eigenvalue weighted by atomic mass is 10.5. The van der Waals surface area contributed by atoms with Gasteiger partial charge in [0.1, 0.15) is 5.82 Å². The predicted molar refractivity (Wildman–Crippen MR) is 65.8 cm³/mol. The normalized spacial score (nSPS) is 10.4. The minimum absolute atomic E-state index is 0.619. The molecule has 0 bridgehead atoms. The van der Waals surface area contributed by atoms with E-state index in [9.17, 15) is 0 Å². The summed E-state index contributed by atoms with van der Waals surface area (Å²) >= 11 is 3.44. The van der Waals surface area contributed by atoms with Crippen LogP contribution < -0.4 is 5.32 Å². The third-order valence-electron chi connectivity index (χ3n) is 2.11. The molecule has 0 fully saturated rings. The minimum Gasteiger partial charge on any atom is -0.354 e. The van der Waals surface area contributed by atoms with E-state index >= 15 is 0 Å². The summed E-state index contributed by atoms with van der Waals surface area (Å²) in [5.41, 5.74) is 0. The predicted octanol–water partition coefficient (Wildman–Crippen LogP) is 2.17. The van der Waals surface area contributed by atoms with Gasteiger partial charge in [-0.25, -0.2) is 9.97 Å². The van der Waals surface area contributed by atoms with Gasteiger partial charge in [-0.05, 0) is 29.8 Å². The van der Waals surface area contributed by atoms with Crippen molar-refractivity contribution in [3.8, 4) is 5.82 Å². The van der Waals surface area contributed by atoms with Crippen LogP contribution in [0.2, 0.25) is 0 Å². The van der Waals surface area contributed by atoms with E-state index in [1.807, 2.05) is 24.6 Å². The highest BCUT2D eigenvalue weighted by Crippen LogP contribution is 2.20. The Morgan fingerprint density at radius 2 is 2.25 bits per heavy atom. The van der Waals surface area contributed by atoms with Gasteiger partial charge in [-0.15, -0.1) is 0 Å². The summed E-state index contributed by atoms with van der Waals surface area (Å²) in [5, 5.41) is 3.08. The second-order valence-corrected chi connectivity index (χ2v) is 4.09. The zero-order valence-electron chi connectivity index (χ0n) is 9.11. The molecule has 0 amide bonds. The molecule has 16 heavy (non-hydrogen) atoms. The van der Waals surface area contributed by atoms with Crippen LogP contribution >= 0.6 is 15.9 Å². The van der Waals surface area contributed by atoms with Crippen molar-refractivity contribution in [3.05, 3.63) is 28.9 Å². The van der Waals surface area contributed by atoms with Crippen LogP contribution in [0.4, 0.5) is 5.95 Å². The average Bonchev–Trinajstić information content (AvgIpc) is 2.68. The molecule has 0 aliphatic heterocycles. The molecule has 1 N–H and O–H groups in total. The van der Waals surface area contributed by atoms with Gasteiger partial charge in [0.2, 0.25) is 5.95 Å². The van der Waals surface area contributed by atoms with Crippen molar-refractivity contribution in [3.63, 3.8) is 0 Å². The fourth-order valence-electron chi connectivity index (χ4n) is 1.37. The molecule has 0 aliphatic rings. The Labute approximate surface area is 102 Å². The number of hydrogen-bond donors (Lipinski definition) is 1. The Hall–Kier alpha value is -1.43. The first-order valence-electron chi connectivity index (χ1n) is 4.99. The van der Waals surface area contributed by atoms with Crippen LogP contribution in [0.5, 0.6) is 0 Å². The van der Waals surface area contributed by atoms with Crippen molar-refractivity contribution in [1.29, 1.82) is 0 Å². The van der Waals surface area contributed by atoms with E-state index < -0.39 is 0 Å². The molecular weight excluding hydrogens is 270 g/mol. The van der Waals surface area contributed by atoms with Gasteiger partial charge in [-0.1, -0.05) is 0 Å². The van der Waals surface area contributed by atoms with Gasteiger partial charge >= 0.3 is 0 Å². The standard InChI is InChI=1S/C10H12BrN5/c1-3-12-10-14-6-8(11)9(15-10)16-5-4-13-7(16)2/h4-6H,3H2,1-2H3,(H,12,14,15). The molecule has 0 unspecified atom stereocenters. The van der Waals surface area contributed by atoms with E-state index in [2.05, 4.69) is 36.2 Å². The van der Waals surface area contributed by atoms with Gasteiger partial charge in [0, 0.05) is 25.1 Å². The first-order chi connectivity index (χ1) is 7.72. The van der Waals surface area contributed by atoms with E-state index in [0.29, 0.717) is 5.95 Å². The summed E-state index contributed by atoms with van der Waals surface area (Å²) in [6, 6.07) is 0. The van der Waals surface area contributed by atoms with Gasteiger partial charge < -0.3 is 5.32 Å². The first kappa shape index (κ1) is 11.1. The fraction of sp³-hybridized carbons (Fsp3) is 0.300. The molecule has 0 spiro atoms. The molecule has 2 heterocycles. The average molecular weight is 282 g/mol. The molecule has 0 aromatic carbocycles. The van der Waals surface area contributed by atoms with Crippen LogP contribution in [-0.4, -0.2) is 26.1 Å². The van der Waals surface area contributed by atoms with Gasteiger partial charge in [0.25, 0.3) is 0 Å². The number of hydrogen-bond acceptors (Lipinski definition) is 4. The molecule has 0 radical (unpaired) electrons. The Kier molecular flexibility index (Phi) is 3.19. The van der Waals surface area contributed by atoms with Crippen LogP contribution in [0.3, 0.4) is 0 Å². The van der Waals surface area contributed by atoms with E-state index in [1.54, 1.807) is 12.4 Å². The number of anilines is 1. The minimum atomic E-state index is 0.619. The SMILES string of the molecule is CCNc1ncc(Br)c(-n2ccnc2C)n1. The summed E-state index contributed by atoms with van der Waals surface area (Å²) in [6.07, 6.45) is 5.36. The number of halogens is 1. The first-order valence-corrected chi connectivity index (χ1v) is 5.78. The molecule has 0 saturated carbocycles. The van der Waals surface area contributed by atoms with Crippen LogP contribution in [0.1, 0.15) is 12.7 Å². The van der Waals surface area contributed by atoms with E-state index in [4.69, 9.17) is 0 Å². The second kappa shape index (κ2) is 4.61. The summed E-state index contributed by atoms with van der Waals surface area (Å²) in [6.45, 7) is 4.74. The molecule has 5 nitrogen and oxygen atoms in total. The van der Waals surface area contributed by atoms with Gasteiger partial charge in [0.05, 0.1) is 4.47 Å². The topological polar surface area (TPSA) is 55.6 Å². The van der Waals surface area contributed by atoms with Crippen LogP contribution in [0, 0.1) is 6.92 Å². The van der Waals surface area contributed by atoms with Crippen LogP contribution in [0.25, 0.3) is 5.82 Å². The Bertz CT molecular complexity index is 494. The largest absolute Gasteiger partial charge is 0.354 e. The van der Waals surface area contributed by atoms with E-state index in [-0.39, 0.29) is 0 Å². The Morgan fingerprint density at radius 3 is 2.88 bits per heavy atom. The zero-order chi connectivity index (χ0) is 11.5. The van der Waals surface area contributed by atoms with Crippen molar-refractivity contribution in [2.45, 2.75) is 13.8 Å². The van der Waals surface area contributed by atoms with Gasteiger partial charge in [0.15, 0.2) is 5.82 Å². The molecule has 2 aromatic rings. The lowest BCUT2D eigenvalue weighted by molar-refractivity contribution is 0.910. The van der Waals surface area contributed by atoms with Gasteiger partial charge in [-0.3, -0.25) is 4.57 Å². The number of nitrogens with zero attached hydrogens (tertiary/aromatic N) is 4. The van der Waals surface area contributed by atoms with Crippen molar-refractivity contribution in [2.75, 3.05) is 11.9 Å². The maximum Gasteiger partial charge on any atom is 0.224 e. The molecule has 2 rings (SSSR count). The number of imidazole rings is 1. The highest BCUT2D eigenvalue weighted by atomic mass is 79.9. The Balaban J connectivity index is 2.47. The van der Waals surface area contributed by atoms with Gasteiger partial charge in [-0.2, -0.15) is 4.98 Å². The number of rotatable bonds is 3. The summed E-state index contributed by atoms with van der Waals surface area (Å²) in [4.78, 5) is 12.8. The Morgan fingerprint density at radius 1 is 1.44 bits per heavy atom. The second-order valence-electron chi connectivity index (χ2n) is 3.24. The maximum atomic E-state index is 4.42. The monoisotopic (exact) mass is 281 g/mol. The molecular formula is C10H12BrN5. The fourth-order valence-corrected chi connectivity index (χ4v) is 1.75. The summed E-state index contributed by atoms with van der Waals surface area (Å²) in [7, 11) is 0. The molecule has 0 atom stereocenters. The number of nitrogens with one attached hydrogen (secondary N) is 1. The highest BCUT2D eigenvalue weighted by Gasteiger charge is 2.08. The zero-order valence-corrected chi connectivity index (χ0v) is 10.7. The lowest BCUT2D eigenvalue weighted by Crippen LogP contribution is -2.06. The van der Waals surface area contributed by atoms with Crippen LogP contribution in [-0.2, 0) is 0 Å². The smallest absolute Gasteiger partial charge is 0.224 e. The third kappa shape index (κ3) is 2.06. The molecule has 6 heteroatoms. The molecule has 84 valence electrons. The van der Waals surface area contributed by atoms with Crippen molar-refractivity contribution >= 4 is 21.9 Å². The molecule has 0 saturated heterocycles. The lowest BCUT2D eigenvalue weighted by Gasteiger charge is -2.08. The van der Waals surface area contributed by atoms with Crippen LogP contribution in [0.15, 0.2) is 23.1 Å². The molecule has 0 aliphatic carbocycles. The maximum absolute atomic E-state index is 4.42. The van der Waals surface area contributed by atoms with E-state index in [1.165, 1.54) is 0 Å². The molecule has 2 aromatic heterocycles. The highest BCUT2D eigenvalue weighted by molar-refractivity contribution is 9.10. The number of aryl methyl sites for hydroxylation is 1. The third-order valence-corrected chi connectivity index (χ3v) is 2.67. The quantitative estimate of drug-likeness (QED) is 0.937. The van der Waals surface area contributed by atoms with Crippen molar-refractivity contribution < 1.29 is 0 Å². The summed E-state index contributed by atoms with van der Waals surface area (Å²) in [5.74, 6) is 2.30. The summed E-state index contributed by atoms with van der Waals surface area (Å²) < 4.78 is 2.75. The van der Waals surface area contributed by atoms with E-state index in [0.717, 1.165) is 22.7 Å². The number of aromatic nitrogens is 4. The van der Waals surface area contributed by atoms with Crippen molar-refractivity contribution in [1.82, 2.24) is 19.5 Å².